The third-order valence-corrected chi connectivity index (χ3v) is 2.65. The number of hydrogen-bond acceptors (Lipinski definition) is 0. The second-order valence-electron chi connectivity index (χ2n) is 4.30. The van der Waals surface area contributed by atoms with E-state index in [1.54, 1.807) is 0 Å². The molecule has 0 N–H and O–H groups in total. The highest BCUT2D eigenvalue weighted by Crippen LogP contribution is 2.44. The van der Waals surface area contributed by atoms with Crippen LogP contribution in [0.15, 0.2) is 23.8 Å². The summed E-state index contributed by atoms with van der Waals surface area (Å²) in [5.41, 5.74) is 2.90. The maximum Gasteiger partial charge on any atom is -0.0177 e. The van der Waals surface area contributed by atoms with Crippen LogP contribution in [-0.4, -0.2) is 0 Å². The second-order valence-corrected chi connectivity index (χ2v) is 4.30. The lowest BCUT2D eigenvalue weighted by Crippen LogP contribution is -1.85. The minimum absolute atomic E-state index is 0.857. The first kappa shape index (κ1) is 9.57. The third kappa shape index (κ3) is 2.84. The monoisotopic (exact) mass is 164 g/mol. The van der Waals surface area contributed by atoms with Gasteiger partial charge in [0.25, 0.3) is 0 Å². The quantitative estimate of drug-likeness (QED) is 0.552. The normalized spacial score (nSPS) is 26.6. The molecule has 0 aromatic rings. The molecule has 2 atom stereocenters. The Balaban J connectivity index is 2.15. The van der Waals surface area contributed by atoms with Gasteiger partial charge in [-0.3, -0.25) is 0 Å². The van der Waals surface area contributed by atoms with Gasteiger partial charge in [-0.15, -0.1) is 0 Å². The van der Waals surface area contributed by atoms with Gasteiger partial charge in [0.1, 0.15) is 0 Å². The van der Waals surface area contributed by atoms with Gasteiger partial charge in [0, 0.05) is 0 Å². The summed E-state index contributed by atoms with van der Waals surface area (Å²) in [6.07, 6.45) is 6.07. The van der Waals surface area contributed by atoms with Crippen LogP contribution in [0, 0.1) is 11.8 Å². The summed E-state index contributed by atoms with van der Waals surface area (Å²) in [4.78, 5) is 0. The van der Waals surface area contributed by atoms with Crippen LogP contribution in [0.5, 0.6) is 0 Å². The van der Waals surface area contributed by atoms with E-state index in [1.807, 2.05) is 0 Å². The molecule has 2 unspecified atom stereocenters. The standard InChI is InChI=1S/C12H20/c1-9(2)6-5-7-10(3)12-8-11(12)4/h6,11-12H,3,5,7-8H2,1-2,4H3. The molecule has 0 heteroatoms. The molecule has 0 aromatic carbocycles. The van der Waals surface area contributed by atoms with Crippen molar-refractivity contribution in [3.05, 3.63) is 23.8 Å². The average molecular weight is 164 g/mol. The number of hydrogen-bond donors (Lipinski definition) is 0. The molecule has 0 amide bonds. The van der Waals surface area contributed by atoms with Crippen LogP contribution in [0.4, 0.5) is 0 Å². The lowest BCUT2D eigenvalue weighted by Gasteiger charge is -2.00. The van der Waals surface area contributed by atoms with E-state index in [2.05, 4.69) is 33.4 Å². The smallest absolute Gasteiger partial charge is 0.0177 e. The molecular weight excluding hydrogens is 144 g/mol. The van der Waals surface area contributed by atoms with Crippen LogP contribution in [0.25, 0.3) is 0 Å². The van der Waals surface area contributed by atoms with Gasteiger partial charge in [0.15, 0.2) is 0 Å². The molecular formula is C12H20. The zero-order chi connectivity index (χ0) is 9.14. The second kappa shape index (κ2) is 3.93. The molecule has 1 saturated carbocycles. The molecule has 0 nitrogen and oxygen atoms in total. The summed E-state index contributed by atoms with van der Waals surface area (Å²) < 4.78 is 0. The third-order valence-electron chi connectivity index (χ3n) is 2.65. The van der Waals surface area contributed by atoms with Gasteiger partial charge in [-0.2, -0.15) is 0 Å². The first-order chi connectivity index (χ1) is 5.61. The molecule has 1 rings (SSSR count). The first-order valence-electron chi connectivity index (χ1n) is 4.92. The van der Waals surface area contributed by atoms with Gasteiger partial charge >= 0.3 is 0 Å². The van der Waals surface area contributed by atoms with Crippen molar-refractivity contribution in [3.63, 3.8) is 0 Å². The van der Waals surface area contributed by atoms with E-state index in [1.165, 1.54) is 30.4 Å². The lowest BCUT2D eigenvalue weighted by molar-refractivity contribution is 0.796. The minimum Gasteiger partial charge on any atom is -0.0996 e. The highest BCUT2D eigenvalue weighted by atomic mass is 14.4. The molecule has 12 heavy (non-hydrogen) atoms. The lowest BCUT2D eigenvalue weighted by atomic mass is 10.1. The van der Waals surface area contributed by atoms with E-state index in [0.717, 1.165) is 11.8 Å². The van der Waals surface area contributed by atoms with Gasteiger partial charge < -0.3 is 0 Å². The van der Waals surface area contributed by atoms with Crippen LogP contribution >= 0.6 is 0 Å². The van der Waals surface area contributed by atoms with Crippen molar-refractivity contribution in [1.82, 2.24) is 0 Å². The molecule has 1 aliphatic rings. The van der Waals surface area contributed by atoms with Gasteiger partial charge in [0.05, 0.1) is 0 Å². The van der Waals surface area contributed by atoms with Crippen LogP contribution < -0.4 is 0 Å². The summed E-state index contributed by atoms with van der Waals surface area (Å²) >= 11 is 0. The molecule has 68 valence electrons. The molecule has 0 radical (unpaired) electrons. The zero-order valence-electron chi connectivity index (χ0n) is 8.56. The van der Waals surface area contributed by atoms with Crippen LogP contribution in [0.2, 0.25) is 0 Å². The van der Waals surface area contributed by atoms with Crippen molar-refractivity contribution < 1.29 is 0 Å². The van der Waals surface area contributed by atoms with Crippen molar-refractivity contribution in [3.8, 4) is 0 Å². The fourth-order valence-corrected chi connectivity index (χ4v) is 1.62. The highest BCUT2D eigenvalue weighted by molar-refractivity contribution is 5.11. The van der Waals surface area contributed by atoms with E-state index < -0.39 is 0 Å². The number of rotatable bonds is 4. The molecule has 0 saturated heterocycles. The molecule has 0 aliphatic heterocycles. The molecule has 1 aliphatic carbocycles. The van der Waals surface area contributed by atoms with Gasteiger partial charge in [-0.1, -0.05) is 30.7 Å². The van der Waals surface area contributed by atoms with Crippen molar-refractivity contribution in [2.75, 3.05) is 0 Å². The number of allylic oxidation sites excluding steroid dienone is 3. The van der Waals surface area contributed by atoms with Crippen molar-refractivity contribution in [2.45, 2.75) is 40.0 Å². The maximum atomic E-state index is 4.13. The van der Waals surface area contributed by atoms with E-state index in [0.29, 0.717) is 0 Å². The predicted molar refractivity (Wildman–Crippen MR) is 55.1 cm³/mol. The minimum atomic E-state index is 0.857. The highest BCUT2D eigenvalue weighted by Gasteiger charge is 2.33. The van der Waals surface area contributed by atoms with E-state index in [-0.39, 0.29) is 0 Å². The first-order valence-corrected chi connectivity index (χ1v) is 4.92. The summed E-state index contributed by atoms with van der Waals surface area (Å²) in [6, 6.07) is 0. The Bertz CT molecular complexity index is 194. The topological polar surface area (TPSA) is 0 Å². The molecule has 0 bridgehead atoms. The fraction of sp³-hybridized carbons (Fsp3) is 0.667. The fourth-order valence-electron chi connectivity index (χ4n) is 1.62. The molecule has 0 aromatic heterocycles. The Labute approximate surface area is 76.4 Å². The largest absolute Gasteiger partial charge is 0.0996 e. The molecule has 1 fully saturated rings. The van der Waals surface area contributed by atoms with Crippen molar-refractivity contribution in [2.24, 2.45) is 11.8 Å². The van der Waals surface area contributed by atoms with Gasteiger partial charge in [-0.05, 0) is 44.9 Å². The Morgan fingerprint density at radius 2 is 2.08 bits per heavy atom. The Morgan fingerprint density at radius 3 is 2.50 bits per heavy atom. The summed E-state index contributed by atoms with van der Waals surface area (Å²) in [6.45, 7) is 10.8. The van der Waals surface area contributed by atoms with E-state index in [4.69, 9.17) is 0 Å². The average Bonchev–Trinajstić information content (AvgIpc) is 2.66. The predicted octanol–water partition coefficient (Wildman–Crippen LogP) is 3.95. The summed E-state index contributed by atoms with van der Waals surface area (Å²) in [7, 11) is 0. The van der Waals surface area contributed by atoms with Gasteiger partial charge in [-0.25, -0.2) is 0 Å². The van der Waals surface area contributed by atoms with Gasteiger partial charge in [0.2, 0.25) is 0 Å². The summed E-state index contributed by atoms with van der Waals surface area (Å²) in [5, 5.41) is 0. The zero-order valence-corrected chi connectivity index (χ0v) is 8.56. The van der Waals surface area contributed by atoms with Crippen molar-refractivity contribution in [1.29, 1.82) is 0 Å². The summed E-state index contributed by atoms with van der Waals surface area (Å²) in [5.74, 6) is 1.78. The molecule has 0 spiro atoms. The SMILES string of the molecule is C=C(CCC=C(C)C)C1CC1C. The van der Waals surface area contributed by atoms with E-state index in [9.17, 15) is 0 Å². The van der Waals surface area contributed by atoms with Crippen LogP contribution in [0.3, 0.4) is 0 Å². The van der Waals surface area contributed by atoms with Crippen LogP contribution in [-0.2, 0) is 0 Å². The Kier molecular flexibility index (Phi) is 3.13. The maximum absolute atomic E-state index is 4.13. The Hall–Kier alpha value is -0.520. The van der Waals surface area contributed by atoms with Crippen molar-refractivity contribution >= 4 is 0 Å². The molecule has 0 heterocycles. The van der Waals surface area contributed by atoms with E-state index >= 15 is 0 Å². The Morgan fingerprint density at radius 1 is 1.50 bits per heavy atom. The van der Waals surface area contributed by atoms with Crippen LogP contribution in [0.1, 0.15) is 40.0 Å².